The van der Waals surface area contributed by atoms with Crippen molar-refractivity contribution in [2.75, 3.05) is 12.8 Å². The van der Waals surface area contributed by atoms with Crippen molar-refractivity contribution >= 4 is 22.9 Å². The van der Waals surface area contributed by atoms with Crippen molar-refractivity contribution in [1.82, 2.24) is 9.88 Å². The Bertz CT molecular complexity index is 580. The van der Waals surface area contributed by atoms with Gasteiger partial charge in [0.2, 0.25) is 5.91 Å². The zero-order valence-corrected chi connectivity index (χ0v) is 11.9. The highest BCUT2D eigenvalue weighted by molar-refractivity contribution is 7.11. The topological polar surface area (TPSA) is 59.2 Å². The number of amides is 1. The highest BCUT2D eigenvalue weighted by atomic mass is 32.1. The van der Waals surface area contributed by atoms with Crippen LogP contribution < -0.4 is 5.73 Å². The van der Waals surface area contributed by atoms with E-state index in [4.69, 9.17) is 5.73 Å². The summed E-state index contributed by atoms with van der Waals surface area (Å²) in [5, 5.41) is 1.02. The minimum Gasteiger partial charge on any atom is -0.398 e. The summed E-state index contributed by atoms with van der Waals surface area (Å²) >= 11 is 1.61. The van der Waals surface area contributed by atoms with E-state index in [1.54, 1.807) is 23.3 Å². The molecule has 0 aliphatic rings. The Morgan fingerprint density at radius 2 is 2.16 bits per heavy atom. The molecule has 2 N–H and O–H groups in total. The second-order valence-electron chi connectivity index (χ2n) is 4.47. The van der Waals surface area contributed by atoms with Crippen LogP contribution in [0.3, 0.4) is 0 Å². The average Bonchev–Trinajstić information content (AvgIpc) is 2.77. The van der Waals surface area contributed by atoms with Crippen LogP contribution in [0, 0.1) is 6.92 Å². The second kappa shape index (κ2) is 5.84. The largest absolute Gasteiger partial charge is 0.398 e. The van der Waals surface area contributed by atoms with Gasteiger partial charge in [-0.2, -0.15) is 0 Å². The van der Waals surface area contributed by atoms with Crippen molar-refractivity contribution in [2.45, 2.75) is 19.9 Å². The van der Waals surface area contributed by atoms with E-state index in [9.17, 15) is 4.79 Å². The molecular weight excluding hydrogens is 258 g/mol. The third-order valence-corrected chi connectivity index (χ3v) is 3.78. The van der Waals surface area contributed by atoms with Crippen LogP contribution in [0.4, 0.5) is 5.69 Å². The molecule has 0 unspecified atom stereocenters. The molecule has 0 spiro atoms. The van der Waals surface area contributed by atoms with E-state index in [1.807, 2.05) is 37.4 Å². The normalized spacial score (nSPS) is 10.4. The van der Waals surface area contributed by atoms with Gasteiger partial charge in [-0.15, -0.1) is 11.3 Å². The Labute approximate surface area is 116 Å². The maximum Gasteiger partial charge on any atom is 0.227 e. The lowest BCUT2D eigenvalue weighted by molar-refractivity contribution is -0.129. The van der Waals surface area contributed by atoms with E-state index in [0.29, 0.717) is 18.7 Å². The Morgan fingerprint density at radius 1 is 1.42 bits per heavy atom. The van der Waals surface area contributed by atoms with Crippen molar-refractivity contribution in [3.05, 3.63) is 45.9 Å². The zero-order chi connectivity index (χ0) is 13.8. The third kappa shape index (κ3) is 3.54. The quantitative estimate of drug-likeness (QED) is 0.871. The second-order valence-corrected chi connectivity index (χ2v) is 5.79. The minimum absolute atomic E-state index is 0.0592. The summed E-state index contributed by atoms with van der Waals surface area (Å²) in [6.07, 6.45) is 2.15. The molecule has 1 aromatic heterocycles. The number of rotatable bonds is 4. The maximum absolute atomic E-state index is 12.1. The average molecular weight is 275 g/mol. The third-order valence-electron chi connectivity index (χ3n) is 2.88. The van der Waals surface area contributed by atoms with Crippen LogP contribution in [0.2, 0.25) is 0 Å². The summed E-state index contributed by atoms with van der Waals surface area (Å²) in [5.41, 5.74) is 7.39. The first-order chi connectivity index (χ1) is 9.06. The number of carbonyl (C=O) groups is 1. The molecule has 0 radical (unpaired) electrons. The molecule has 0 atom stereocenters. The molecule has 0 aliphatic heterocycles. The van der Waals surface area contributed by atoms with Gasteiger partial charge in [-0.05, 0) is 18.6 Å². The number of carbonyl (C=O) groups excluding carboxylic acids is 1. The summed E-state index contributed by atoms with van der Waals surface area (Å²) in [5.74, 6) is 0.0592. The van der Waals surface area contributed by atoms with Crippen molar-refractivity contribution in [3.63, 3.8) is 0 Å². The van der Waals surface area contributed by atoms with E-state index in [2.05, 4.69) is 4.98 Å². The van der Waals surface area contributed by atoms with E-state index in [1.165, 1.54) is 0 Å². The lowest BCUT2D eigenvalue weighted by Gasteiger charge is -2.16. The lowest BCUT2D eigenvalue weighted by atomic mass is 10.1. The van der Waals surface area contributed by atoms with Gasteiger partial charge in [-0.3, -0.25) is 4.79 Å². The number of nitrogens with two attached hydrogens (primary N) is 1. The highest BCUT2D eigenvalue weighted by Gasteiger charge is 2.12. The Morgan fingerprint density at radius 3 is 2.79 bits per heavy atom. The van der Waals surface area contributed by atoms with Gasteiger partial charge in [0.25, 0.3) is 0 Å². The van der Waals surface area contributed by atoms with Crippen molar-refractivity contribution in [2.24, 2.45) is 0 Å². The fourth-order valence-electron chi connectivity index (χ4n) is 1.79. The van der Waals surface area contributed by atoms with Crippen LogP contribution in [0.15, 0.2) is 30.5 Å². The van der Waals surface area contributed by atoms with Gasteiger partial charge in [0, 0.05) is 23.8 Å². The van der Waals surface area contributed by atoms with Crippen molar-refractivity contribution < 1.29 is 4.79 Å². The standard InChI is InChI=1S/C14H17N3OS/c1-10-16-8-12(19-10)9-17(2)14(18)7-11-5-3-4-6-13(11)15/h3-6,8H,7,9,15H2,1-2H3. The molecule has 1 heterocycles. The number of nitrogen functional groups attached to an aromatic ring is 1. The van der Waals surface area contributed by atoms with Crippen LogP contribution >= 0.6 is 11.3 Å². The number of anilines is 1. The summed E-state index contributed by atoms with van der Waals surface area (Å²) in [7, 11) is 1.80. The molecule has 0 saturated carbocycles. The number of hydrogen-bond donors (Lipinski definition) is 1. The molecule has 2 aromatic rings. The first kappa shape index (κ1) is 13.5. The molecule has 0 bridgehead atoms. The minimum atomic E-state index is 0.0592. The van der Waals surface area contributed by atoms with Gasteiger partial charge >= 0.3 is 0 Å². The molecule has 19 heavy (non-hydrogen) atoms. The number of nitrogens with zero attached hydrogens (tertiary/aromatic N) is 2. The van der Waals surface area contributed by atoms with Crippen molar-refractivity contribution in [3.8, 4) is 0 Å². The van der Waals surface area contributed by atoms with E-state index in [0.717, 1.165) is 15.4 Å². The molecule has 1 amide bonds. The number of thiazole rings is 1. The molecule has 5 heteroatoms. The number of aromatic nitrogens is 1. The van der Waals surface area contributed by atoms with Crippen LogP contribution in [-0.2, 0) is 17.8 Å². The number of hydrogen-bond acceptors (Lipinski definition) is 4. The van der Waals surface area contributed by atoms with Gasteiger partial charge in [0.1, 0.15) is 0 Å². The van der Waals surface area contributed by atoms with Gasteiger partial charge in [0.05, 0.1) is 18.0 Å². The van der Waals surface area contributed by atoms with Crippen molar-refractivity contribution in [1.29, 1.82) is 0 Å². The van der Waals surface area contributed by atoms with E-state index >= 15 is 0 Å². The lowest BCUT2D eigenvalue weighted by Crippen LogP contribution is -2.27. The first-order valence-electron chi connectivity index (χ1n) is 6.05. The molecule has 100 valence electrons. The summed E-state index contributed by atoms with van der Waals surface area (Å²) in [4.78, 5) is 19.1. The van der Waals surface area contributed by atoms with Gasteiger partial charge in [-0.1, -0.05) is 18.2 Å². The summed E-state index contributed by atoms with van der Waals surface area (Å²) < 4.78 is 0. The predicted molar refractivity (Wildman–Crippen MR) is 77.9 cm³/mol. The van der Waals surface area contributed by atoms with E-state index < -0.39 is 0 Å². The van der Waals surface area contributed by atoms with E-state index in [-0.39, 0.29) is 5.91 Å². The van der Waals surface area contributed by atoms with Gasteiger partial charge < -0.3 is 10.6 Å². The Hall–Kier alpha value is -1.88. The number of para-hydroxylation sites is 1. The van der Waals surface area contributed by atoms with Gasteiger partial charge in [-0.25, -0.2) is 4.98 Å². The Kier molecular flexibility index (Phi) is 4.16. The fourth-order valence-corrected chi connectivity index (χ4v) is 2.64. The predicted octanol–water partition coefficient (Wildman–Crippen LogP) is 2.23. The number of aryl methyl sites for hydroxylation is 1. The first-order valence-corrected chi connectivity index (χ1v) is 6.86. The smallest absolute Gasteiger partial charge is 0.227 e. The summed E-state index contributed by atoms with van der Waals surface area (Å²) in [6, 6.07) is 7.46. The summed E-state index contributed by atoms with van der Waals surface area (Å²) in [6.45, 7) is 2.55. The van der Waals surface area contributed by atoms with Crippen LogP contribution in [0.25, 0.3) is 0 Å². The number of likely N-dealkylation sites (N-methyl/N-ethyl adjacent to an activating group) is 1. The van der Waals surface area contributed by atoms with Crippen LogP contribution in [0.5, 0.6) is 0 Å². The molecule has 4 nitrogen and oxygen atoms in total. The molecule has 2 rings (SSSR count). The molecule has 0 fully saturated rings. The van der Waals surface area contributed by atoms with Crippen LogP contribution in [-0.4, -0.2) is 22.8 Å². The highest BCUT2D eigenvalue weighted by Crippen LogP contribution is 2.16. The molecular formula is C14H17N3OS. The Balaban J connectivity index is 1.98. The number of benzene rings is 1. The molecule has 0 aliphatic carbocycles. The van der Waals surface area contributed by atoms with Gasteiger partial charge in [0.15, 0.2) is 0 Å². The molecule has 0 saturated heterocycles. The SMILES string of the molecule is Cc1ncc(CN(C)C(=O)Cc2ccccc2N)s1. The maximum atomic E-state index is 12.1. The van der Waals surface area contributed by atoms with Crippen LogP contribution in [0.1, 0.15) is 15.4 Å². The molecule has 1 aromatic carbocycles. The fraction of sp³-hybridized carbons (Fsp3) is 0.286. The zero-order valence-electron chi connectivity index (χ0n) is 11.1. The monoisotopic (exact) mass is 275 g/mol.